The van der Waals surface area contributed by atoms with Crippen LogP contribution in [-0.4, -0.2) is 21.5 Å². The van der Waals surface area contributed by atoms with E-state index < -0.39 is 6.10 Å². The van der Waals surface area contributed by atoms with Crippen LogP contribution in [0.5, 0.6) is 5.75 Å². The van der Waals surface area contributed by atoms with E-state index in [9.17, 15) is 5.11 Å². The Balaban J connectivity index is 1.86. The quantitative estimate of drug-likeness (QED) is 0.844. The summed E-state index contributed by atoms with van der Waals surface area (Å²) in [7, 11) is 1.90. The standard InChI is InChI=1S/C16H22N2O2/c1-3-10-20-15-7-5-14(6-8-15)16(19)9-4-13-11-17-18(2)12-13/h5-8,11-12,16,19H,3-4,9-10H2,1-2H3. The Morgan fingerprint density at radius 3 is 2.65 bits per heavy atom. The van der Waals surface area contributed by atoms with Crippen LogP contribution in [0.25, 0.3) is 0 Å². The molecule has 0 aliphatic carbocycles. The van der Waals surface area contributed by atoms with E-state index in [0.717, 1.165) is 36.3 Å². The lowest BCUT2D eigenvalue weighted by Gasteiger charge is -2.11. The summed E-state index contributed by atoms with van der Waals surface area (Å²) in [5.74, 6) is 0.857. The average molecular weight is 274 g/mol. The fraction of sp³-hybridized carbons (Fsp3) is 0.438. The van der Waals surface area contributed by atoms with Gasteiger partial charge in [0.1, 0.15) is 5.75 Å². The van der Waals surface area contributed by atoms with Gasteiger partial charge in [-0.05, 0) is 42.5 Å². The van der Waals surface area contributed by atoms with Crippen molar-refractivity contribution in [1.29, 1.82) is 0 Å². The van der Waals surface area contributed by atoms with Crippen LogP contribution in [0.2, 0.25) is 0 Å². The third-order valence-corrected chi connectivity index (χ3v) is 3.20. The van der Waals surface area contributed by atoms with Crippen molar-refractivity contribution in [2.24, 2.45) is 7.05 Å². The molecule has 2 aromatic rings. The van der Waals surface area contributed by atoms with Gasteiger partial charge in [-0.1, -0.05) is 19.1 Å². The first-order chi connectivity index (χ1) is 9.69. The van der Waals surface area contributed by atoms with Crippen molar-refractivity contribution in [2.45, 2.75) is 32.3 Å². The van der Waals surface area contributed by atoms with E-state index in [-0.39, 0.29) is 0 Å². The molecular formula is C16H22N2O2. The molecule has 4 nitrogen and oxygen atoms in total. The van der Waals surface area contributed by atoms with Crippen LogP contribution in [-0.2, 0) is 13.5 Å². The summed E-state index contributed by atoms with van der Waals surface area (Å²) in [6.45, 7) is 2.81. The summed E-state index contributed by atoms with van der Waals surface area (Å²) in [5.41, 5.74) is 2.08. The van der Waals surface area contributed by atoms with Gasteiger partial charge in [0.2, 0.25) is 0 Å². The maximum atomic E-state index is 10.2. The number of ether oxygens (including phenoxy) is 1. The van der Waals surface area contributed by atoms with Gasteiger partial charge in [-0.15, -0.1) is 0 Å². The molecule has 108 valence electrons. The number of hydrogen-bond acceptors (Lipinski definition) is 3. The van der Waals surface area contributed by atoms with Crippen molar-refractivity contribution in [2.75, 3.05) is 6.61 Å². The first-order valence-corrected chi connectivity index (χ1v) is 7.07. The Morgan fingerprint density at radius 1 is 1.30 bits per heavy atom. The van der Waals surface area contributed by atoms with Crippen molar-refractivity contribution in [3.63, 3.8) is 0 Å². The Bertz CT molecular complexity index is 520. The molecule has 20 heavy (non-hydrogen) atoms. The van der Waals surface area contributed by atoms with Crippen molar-refractivity contribution in [3.05, 3.63) is 47.8 Å². The van der Waals surface area contributed by atoms with E-state index in [0.29, 0.717) is 6.42 Å². The summed E-state index contributed by atoms with van der Waals surface area (Å²) in [6.07, 6.45) is 5.89. The fourth-order valence-electron chi connectivity index (χ4n) is 2.08. The van der Waals surface area contributed by atoms with Gasteiger partial charge in [-0.2, -0.15) is 5.10 Å². The minimum absolute atomic E-state index is 0.449. The highest BCUT2D eigenvalue weighted by Gasteiger charge is 2.08. The predicted octanol–water partition coefficient (Wildman–Crippen LogP) is 2.88. The molecule has 0 bridgehead atoms. The van der Waals surface area contributed by atoms with E-state index in [1.165, 1.54) is 0 Å². The Morgan fingerprint density at radius 2 is 2.05 bits per heavy atom. The molecule has 0 saturated heterocycles. The third kappa shape index (κ3) is 4.10. The van der Waals surface area contributed by atoms with E-state index in [4.69, 9.17) is 4.74 Å². The number of aromatic nitrogens is 2. The Labute approximate surface area is 120 Å². The van der Waals surface area contributed by atoms with Crippen LogP contribution in [0.1, 0.15) is 37.0 Å². The van der Waals surface area contributed by atoms with E-state index in [1.54, 1.807) is 4.68 Å². The van der Waals surface area contributed by atoms with Crippen LogP contribution in [0, 0.1) is 0 Å². The predicted molar refractivity (Wildman–Crippen MR) is 78.7 cm³/mol. The van der Waals surface area contributed by atoms with Gasteiger partial charge in [0.05, 0.1) is 18.9 Å². The fourth-order valence-corrected chi connectivity index (χ4v) is 2.08. The molecule has 0 aliphatic heterocycles. The number of nitrogens with zero attached hydrogens (tertiary/aromatic N) is 2. The van der Waals surface area contributed by atoms with Gasteiger partial charge < -0.3 is 9.84 Å². The van der Waals surface area contributed by atoms with Gasteiger partial charge in [0, 0.05) is 13.2 Å². The Kier molecular flexibility index (Phi) is 5.18. The zero-order chi connectivity index (χ0) is 14.4. The number of rotatable bonds is 7. The minimum atomic E-state index is -0.449. The van der Waals surface area contributed by atoms with Gasteiger partial charge in [-0.25, -0.2) is 0 Å². The lowest BCUT2D eigenvalue weighted by Crippen LogP contribution is -2.00. The lowest BCUT2D eigenvalue weighted by atomic mass is 10.0. The molecule has 1 atom stereocenters. The molecule has 0 spiro atoms. The van der Waals surface area contributed by atoms with Crippen molar-refractivity contribution >= 4 is 0 Å². The first kappa shape index (κ1) is 14.6. The molecule has 0 aliphatic rings. The summed E-state index contributed by atoms with van der Waals surface area (Å²) >= 11 is 0. The molecule has 4 heteroatoms. The Hall–Kier alpha value is -1.81. The van der Waals surface area contributed by atoms with Gasteiger partial charge in [0.25, 0.3) is 0 Å². The molecule has 1 aromatic carbocycles. The SMILES string of the molecule is CCCOc1ccc(C(O)CCc2cnn(C)c2)cc1. The second-order valence-electron chi connectivity index (χ2n) is 4.99. The highest BCUT2D eigenvalue weighted by molar-refractivity contribution is 5.28. The van der Waals surface area contributed by atoms with Gasteiger partial charge in [-0.3, -0.25) is 4.68 Å². The van der Waals surface area contributed by atoms with Crippen molar-refractivity contribution < 1.29 is 9.84 Å². The second kappa shape index (κ2) is 7.10. The highest BCUT2D eigenvalue weighted by atomic mass is 16.5. The molecule has 0 saturated carbocycles. The van der Waals surface area contributed by atoms with Gasteiger partial charge >= 0.3 is 0 Å². The zero-order valence-corrected chi connectivity index (χ0v) is 12.1. The van der Waals surface area contributed by atoms with Crippen LogP contribution in [0.4, 0.5) is 0 Å². The maximum absolute atomic E-state index is 10.2. The minimum Gasteiger partial charge on any atom is -0.494 e. The number of aryl methyl sites for hydroxylation is 2. The largest absolute Gasteiger partial charge is 0.494 e. The third-order valence-electron chi connectivity index (χ3n) is 3.20. The second-order valence-corrected chi connectivity index (χ2v) is 4.99. The number of aliphatic hydroxyl groups is 1. The number of aliphatic hydroxyl groups excluding tert-OH is 1. The summed E-state index contributed by atoms with van der Waals surface area (Å²) < 4.78 is 7.31. The highest BCUT2D eigenvalue weighted by Crippen LogP contribution is 2.21. The van der Waals surface area contributed by atoms with Crippen molar-refractivity contribution in [3.8, 4) is 5.75 Å². The molecule has 2 rings (SSSR count). The summed E-state index contributed by atoms with van der Waals surface area (Å²) in [6, 6.07) is 7.69. The topological polar surface area (TPSA) is 47.3 Å². The molecule has 1 unspecified atom stereocenters. The molecule has 1 N–H and O–H groups in total. The monoisotopic (exact) mass is 274 g/mol. The molecule has 0 radical (unpaired) electrons. The van der Waals surface area contributed by atoms with Crippen molar-refractivity contribution in [1.82, 2.24) is 9.78 Å². The smallest absolute Gasteiger partial charge is 0.119 e. The van der Waals surface area contributed by atoms with Crippen LogP contribution in [0.3, 0.4) is 0 Å². The molecule has 1 heterocycles. The molecule has 0 fully saturated rings. The van der Waals surface area contributed by atoms with E-state index in [2.05, 4.69) is 12.0 Å². The number of hydrogen-bond donors (Lipinski definition) is 1. The molecular weight excluding hydrogens is 252 g/mol. The number of benzene rings is 1. The molecule has 0 amide bonds. The van der Waals surface area contributed by atoms with Crippen LogP contribution in [0.15, 0.2) is 36.7 Å². The lowest BCUT2D eigenvalue weighted by molar-refractivity contribution is 0.167. The first-order valence-electron chi connectivity index (χ1n) is 7.07. The van der Waals surface area contributed by atoms with Crippen LogP contribution >= 0.6 is 0 Å². The van der Waals surface area contributed by atoms with Gasteiger partial charge in [0.15, 0.2) is 0 Å². The van der Waals surface area contributed by atoms with Crippen LogP contribution < -0.4 is 4.74 Å². The molecule has 1 aromatic heterocycles. The van der Waals surface area contributed by atoms with E-state index in [1.807, 2.05) is 43.7 Å². The average Bonchev–Trinajstić information content (AvgIpc) is 2.89. The summed E-state index contributed by atoms with van der Waals surface area (Å²) in [4.78, 5) is 0. The summed E-state index contributed by atoms with van der Waals surface area (Å²) in [5, 5.41) is 14.3. The zero-order valence-electron chi connectivity index (χ0n) is 12.1. The normalized spacial score (nSPS) is 12.3. The van der Waals surface area contributed by atoms with E-state index >= 15 is 0 Å². The maximum Gasteiger partial charge on any atom is 0.119 e.